The zero-order chi connectivity index (χ0) is 8.81. The molecule has 0 fully saturated rings. The first-order valence-corrected chi connectivity index (χ1v) is 3.43. The zero-order valence-electron chi connectivity index (χ0n) is 6.74. The molecular formula is C8H9N3O. The summed E-state index contributed by atoms with van der Waals surface area (Å²) in [7, 11) is 0. The van der Waals surface area contributed by atoms with E-state index in [-0.39, 0.29) is 0 Å². The molecule has 4 heteroatoms. The summed E-state index contributed by atoms with van der Waals surface area (Å²) < 4.78 is 5.12. The van der Waals surface area contributed by atoms with Gasteiger partial charge in [-0.2, -0.15) is 0 Å². The monoisotopic (exact) mass is 163 g/mol. The van der Waals surface area contributed by atoms with Crippen LogP contribution in [0.15, 0.2) is 12.4 Å². The summed E-state index contributed by atoms with van der Waals surface area (Å²) in [6.45, 7) is 2.07. The van der Waals surface area contributed by atoms with E-state index >= 15 is 0 Å². The summed E-state index contributed by atoms with van der Waals surface area (Å²) in [6, 6.07) is 1.55. The van der Waals surface area contributed by atoms with Crippen LogP contribution in [0.3, 0.4) is 0 Å². The van der Waals surface area contributed by atoms with Crippen LogP contribution < -0.4 is 10.5 Å². The van der Waals surface area contributed by atoms with Crippen LogP contribution in [-0.4, -0.2) is 16.6 Å². The summed E-state index contributed by atoms with van der Waals surface area (Å²) in [5, 5.41) is 0. The van der Waals surface area contributed by atoms with Crippen molar-refractivity contribution in [3.05, 3.63) is 12.4 Å². The van der Waals surface area contributed by atoms with Gasteiger partial charge in [0.1, 0.15) is 12.1 Å². The van der Waals surface area contributed by atoms with Crippen molar-refractivity contribution in [1.29, 1.82) is 0 Å². The van der Waals surface area contributed by atoms with Crippen LogP contribution >= 0.6 is 0 Å². The normalized spacial score (nSPS) is 8.42. The highest BCUT2D eigenvalue weighted by molar-refractivity contribution is 5.30. The Balaban J connectivity index is 2.55. The first kappa shape index (κ1) is 8.34. The number of anilines is 1. The van der Waals surface area contributed by atoms with Crippen LogP contribution in [-0.2, 0) is 0 Å². The first-order valence-electron chi connectivity index (χ1n) is 3.43. The van der Waals surface area contributed by atoms with E-state index in [1.54, 1.807) is 13.0 Å². The van der Waals surface area contributed by atoms with Gasteiger partial charge >= 0.3 is 0 Å². The Morgan fingerprint density at radius 1 is 1.58 bits per heavy atom. The van der Waals surface area contributed by atoms with E-state index in [0.29, 0.717) is 18.3 Å². The zero-order valence-corrected chi connectivity index (χ0v) is 6.74. The van der Waals surface area contributed by atoms with Gasteiger partial charge in [0.25, 0.3) is 0 Å². The Morgan fingerprint density at radius 2 is 2.42 bits per heavy atom. The van der Waals surface area contributed by atoms with Crippen molar-refractivity contribution in [1.82, 2.24) is 9.97 Å². The van der Waals surface area contributed by atoms with Crippen LogP contribution in [0.25, 0.3) is 0 Å². The van der Waals surface area contributed by atoms with Gasteiger partial charge in [0.2, 0.25) is 5.88 Å². The minimum absolute atomic E-state index is 0.326. The molecular weight excluding hydrogens is 154 g/mol. The van der Waals surface area contributed by atoms with Gasteiger partial charge in [-0.1, -0.05) is 5.92 Å². The number of hydrogen-bond donors (Lipinski definition) is 1. The third-order valence-corrected chi connectivity index (χ3v) is 1.13. The molecule has 0 bridgehead atoms. The Kier molecular flexibility index (Phi) is 2.91. The lowest BCUT2D eigenvalue weighted by molar-refractivity contribution is 0.355. The maximum absolute atomic E-state index is 5.40. The minimum Gasteiger partial charge on any atom is -0.464 e. The van der Waals surface area contributed by atoms with E-state index in [4.69, 9.17) is 10.5 Å². The molecule has 1 rings (SSSR count). The lowest BCUT2D eigenvalue weighted by Crippen LogP contribution is -1.98. The van der Waals surface area contributed by atoms with Crippen molar-refractivity contribution in [3.63, 3.8) is 0 Å². The van der Waals surface area contributed by atoms with E-state index < -0.39 is 0 Å². The van der Waals surface area contributed by atoms with Crippen molar-refractivity contribution in [3.8, 4) is 17.7 Å². The third-order valence-electron chi connectivity index (χ3n) is 1.13. The smallest absolute Gasteiger partial charge is 0.219 e. The van der Waals surface area contributed by atoms with Gasteiger partial charge in [-0.15, -0.1) is 5.92 Å². The molecule has 0 amide bonds. The predicted molar refractivity (Wildman–Crippen MR) is 45.4 cm³/mol. The Morgan fingerprint density at radius 3 is 3.08 bits per heavy atom. The highest BCUT2D eigenvalue weighted by atomic mass is 16.5. The summed E-state index contributed by atoms with van der Waals surface area (Å²) in [5.74, 6) is 6.29. The first-order chi connectivity index (χ1) is 5.83. The van der Waals surface area contributed by atoms with Gasteiger partial charge in [0.05, 0.1) is 0 Å². The van der Waals surface area contributed by atoms with Crippen LogP contribution in [0.5, 0.6) is 5.88 Å². The number of hydrogen-bond acceptors (Lipinski definition) is 4. The Labute approximate surface area is 70.8 Å². The molecule has 0 spiro atoms. The van der Waals surface area contributed by atoms with Gasteiger partial charge in [-0.3, -0.25) is 0 Å². The molecule has 0 aliphatic rings. The molecule has 0 radical (unpaired) electrons. The van der Waals surface area contributed by atoms with E-state index in [1.807, 2.05) is 0 Å². The number of nitrogen functional groups attached to an aromatic ring is 1. The SMILES string of the molecule is CC#CCOc1cc(N)ncn1. The second kappa shape index (κ2) is 4.19. The molecule has 0 saturated carbocycles. The lowest BCUT2D eigenvalue weighted by Gasteiger charge is -1.99. The summed E-state index contributed by atoms with van der Waals surface area (Å²) in [5.41, 5.74) is 5.40. The maximum Gasteiger partial charge on any atom is 0.219 e. The largest absolute Gasteiger partial charge is 0.464 e. The molecule has 0 saturated heterocycles. The standard InChI is InChI=1S/C8H9N3O/c1-2-3-4-12-8-5-7(9)10-6-11-8/h5-6H,4H2,1H3,(H2,9,10,11). The number of ether oxygens (including phenoxy) is 1. The van der Waals surface area contributed by atoms with E-state index in [0.717, 1.165) is 0 Å². The van der Waals surface area contributed by atoms with Crippen molar-refractivity contribution in [2.75, 3.05) is 12.3 Å². The molecule has 4 nitrogen and oxygen atoms in total. The van der Waals surface area contributed by atoms with Crippen molar-refractivity contribution in [2.24, 2.45) is 0 Å². The topological polar surface area (TPSA) is 61.0 Å². The van der Waals surface area contributed by atoms with E-state index in [1.165, 1.54) is 6.33 Å². The highest BCUT2D eigenvalue weighted by Crippen LogP contribution is 2.06. The maximum atomic E-state index is 5.40. The average molecular weight is 163 g/mol. The molecule has 0 aliphatic carbocycles. The Hall–Kier alpha value is -1.76. The number of rotatable bonds is 2. The summed E-state index contributed by atoms with van der Waals surface area (Å²) in [4.78, 5) is 7.55. The molecule has 0 unspecified atom stereocenters. The molecule has 1 aromatic rings. The van der Waals surface area contributed by atoms with E-state index in [9.17, 15) is 0 Å². The number of nitrogens with zero attached hydrogens (tertiary/aromatic N) is 2. The molecule has 2 N–H and O–H groups in total. The van der Waals surface area contributed by atoms with Crippen LogP contribution in [0, 0.1) is 11.8 Å². The van der Waals surface area contributed by atoms with Crippen molar-refractivity contribution in [2.45, 2.75) is 6.92 Å². The number of nitrogens with two attached hydrogens (primary N) is 1. The molecule has 1 heterocycles. The molecule has 12 heavy (non-hydrogen) atoms. The van der Waals surface area contributed by atoms with Crippen molar-refractivity contribution < 1.29 is 4.74 Å². The minimum atomic E-state index is 0.326. The fourth-order valence-electron chi connectivity index (χ4n) is 0.615. The predicted octanol–water partition coefficient (Wildman–Crippen LogP) is 0.461. The quantitative estimate of drug-likeness (QED) is 0.643. The van der Waals surface area contributed by atoms with Crippen LogP contribution in [0.1, 0.15) is 6.92 Å². The third kappa shape index (κ3) is 2.46. The molecule has 62 valence electrons. The molecule has 0 atom stereocenters. The fourth-order valence-corrected chi connectivity index (χ4v) is 0.615. The Bertz CT molecular complexity index is 314. The summed E-state index contributed by atoms with van der Waals surface area (Å²) in [6.07, 6.45) is 1.35. The number of aromatic nitrogens is 2. The highest BCUT2D eigenvalue weighted by Gasteiger charge is 1.93. The molecule has 0 aromatic carbocycles. The van der Waals surface area contributed by atoms with Gasteiger partial charge in [-0.05, 0) is 6.92 Å². The van der Waals surface area contributed by atoms with Gasteiger partial charge in [-0.25, -0.2) is 9.97 Å². The van der Waals surface area contributed by atoms with Gasteiger partial charge in [0, 0.05) is 6.07 Å². The second-order valence-corrected chi connectivity index (χ2v) is 2.00. The molecule has 0 aliphatic heterocycles. The van der Waals surface area contributed by atoms with Gasteiger partial charge in [0.15, 0.2) is 6.61 Å². The average Bonchev–Trinajstić information content (AvgIpc) is 2.05. The van der Waals surface area contributed by atoms with Crippen molar-refractivity contribution >= 4 is 5.82 Å². The summed E-state index contributed by atoms with van der Waals surface area (Å²) >= 11 is 0. The van der Waals surface area contributed by atoms with E-state index in [2.05, 4.69) is 21.8 Å². The lowest BCUT2D eigenvalue weighted by atomic mass is 10.5. The second-order valence-electron chi connectivity index (χ2n) is 2.00. The van der Waals surface area contributed by atoms with Crippen LogP contribution in [0.4, 0.5) is 5.82 Å². The fraction of sp³-hybridized carbons (Fsp3) is 0.250. The van der Waals surface area contributed by atoms with Gasteiger partial charge < -0.3 is 10.5 Å². The van der Waals surface area contributed by atoms with Crippen LogP contribution in [0.2, 0.25) is 0 Å². The molecule has 1 aromatic heterocycles.